The molecule has 0 spiro atoms. The Kier molecular flexibility index (Phi) is 2.55. The number of nitrogens with zero attached hydrogens (tertiary/aromatic N) is 2. The van der Waals surface area contributed by atoms with Crippen LogP contribution >= 0.6 is 0 Å². The van der Waals surface area contributed by atoms with Gasteiger partial charge in [0.2, 0.25) is 0 Å². The van der Waals surface area contributed by atoms with Crippen LogP contribution in [0.25, 0.3) is 0 Å². The zero-order valence-electron chi connectivity index (χ0n) is 10.3. The summed E-state index contributed by atoms with van der Waals surface area (Å²) in [6.07, 6.45) is 5.34. The van der Waals surface area contributed by atoms with Crippen molar-refractivity contribution in [3.05, 3.63) is 29.3 Å². The van der Waals surface area contributed by atoms with Crippen LogP contribution in [0.15, 0.2) is 18.2 Å². The maximum Gasteiger partial charge on any atom is 0.101 e. The van der Waals surface area contributed by atoms with E-state index in [4.69, 9.17) is 0 Å². The highest BCUT2D eigenvalue weighted by Crippen LogP contribution is 2.38. The van der Waals surface area contributed by atoms with Crippen molar-refractivity contribution in [1.82, 2.24) is 0 Å². The van der Waals surface area contributed by atoms with E-state index in [0.717, 1.165) is 18.0 Å². The number of aryl methyl sites for hydroxylation is 1. The van der Waals surface area contributed by atoms with E-state index in [1.165, 1.54) is 36.9 Å². The summed E-state index contributed by atoms with van der Waals surface area (Å²) in [5.41, 5.74) is 3.26. The van der Waals surface area contributed by atoms with Gasteiger partial charge in [-0.3, -0.25) is 0 Å². The number of nitriles is 1. The molecule has 0 aromatic heterocycles. The Bertz CT molecular complexity index is 464. The summed E-state index contributed by atoms with van der Waals surface area (Å²) >= 11 is 0. The molecule has 3 rings (SSSR count). The van der Waals surface area contributed by atoms with Crippen molar-refractivity contribution in [3.63, 3.8) is 0 Å². The van der Waals surface area contributed by atoms with E-state index in [1.54, 1.807) is 0 Å². The van der Waals surface area contributed by atoms with Crippen LogP contribution in [-0.2, 0) is 0 Å². The third-order valence-corrected chi connectivity index (χ3v) is 3.72. The Labute approximate surface area is 103 Å². The molecule has 0 atom stereocenters. The van der Waals surface area contributed by atoms with Gasteiger partial charge in [0, 0.05) is 12.6 Å². The smallest absolute Gasteiger partial charge is 0.101 e. The fraction of sp³-hybridized carbons (Fsp3) is 0.533. The van der Waals surface area contributed by atoms with Crippen molar-refractivity contribution in [3.8, 4) is 6.07 Å². The fourth-order valence-corrected chi connectivity index (χ4v) is 2.38. The van der Waals surface area contributed by atoms with E-state index in [2.05, 4.69) is 24.0 Å². The van der Waals surface area contributed by atoms with E-state index in [1.807, 2.05) is 12.1 Å². The molecule has 2 aliphatic carbocycles. The zero-order chi connectivity index (χ0) is 11.8. The van der Waals surface area contributed by atoms with Gasteiger partial charge in [0.1, 0.15) is 6.07 Å². The van der Waals surface area contributed by atoms with Crippen LogP contribution < -0.4 is 4.90 Å². The molecule has 0 amide bonds. The summed E-state index contributed by atoms with van der Waals surface area (Å²) in [7, 11) is 0. The summed E-state index contributed by atoms with van der Waals surface area (Å²) in [5, 5.41) is 9.23. The normalized spacial score (nSPS) is 18.8. The van der Waals surface area contributed by atoms with Crippen LogP contribution in [0.5, 0.6) is 0 Å². The second-order valence-corrected chi connectivity index (χ2v) is 5.46. The van der Waals surface area contributed by atoms with Gasteiger partial charge in [-0.1, -0.05) is 6.07 Å². The number of benzene rings is 1. The standard InChI is InChI=1S/C15H18N2/c1-11-2-5-13(9-16)15(8-11)17(14-6-7-14)10-12-3-4-12/h2,5,8,12,14H,3-4,6-7,10H2,1H3. The topological polar surface area (TPSA) is 27.0 Å². The van der Waals surface area contributed by atoms with E-state index >= 15 is 0 Å². The number of hydrogen-bond acceptors (Lipinski definition) is 2. The van der Waals surface area contributed by atoms with Crippen LogP contribution in [0.4, 0.5) is 5.69 Å². The maximum atomic E-state index is 9.23. The lowest BCUT2D eigenvalue weighted by Crippen LogP contribution is -2.28. The van der Waals surface area contributed by atoms with Crippen LogP contribution in [-0.4, -0.2) is 12.6 Å². The molecule has 2 fully saturated rings. The van der Waals surface area contributed by atoms with Crippen molar-refractivity contribution in [2.45, 2.75) is 38.6 Å². The van der Waals surface area contributed by atoms with E-state index in [9.17, 15) is 5.26 Å². The minimum Gasteiger partial charge on any atom is -0.367 e. The van der Waals surface area contributed by atoms with Gasteiger partial charge in [-0.15, -0.1) is 0 Å². The summed E-state index contributed by atoms with van der Waals surface area (Å²) in [6.45, 7) is 3.26. The molecule has 0 heterocycles. The van der Waals surface area contributed by atoms with Crippen LogP contribution in [0.1, 0.15) is 36.8 Å². The average Bonchev–Trinajstić information content (AvgIpc) is 3.17. The molecule has 1 aromatic carbocycles. The molecule has 0 radical (unpaired) electrons. The monoisotopic (exact) mass is 226 g/mol. The van der Waals surface area contributed by atoms with Crippen molar-refractivity contribution >= 4 is 5.69 Å². The molecule has 2 aliphatic rings. The van der Waals surface area contributed by atoms with Crippen molar-refractivity contribution in [2.75, 3.05) is 11.4 Å². The second-order valence-electron chi connectivity index (χ2n) is 5.46. The Morgan fingerprint density at radius 2 is 2.06 bits per heavy atom. The first-order valence-electron chi connectivity index (χ1n) is 6.55. The maximum absolute atomic E-state index is 9.23. The summed E-state index contributed by atoms with van der Waals surface area (Å²) < 4.78 is 0. The highest BCUT2D eigenvalue weighted by molar-refractivity contribution is 5.62. The van der Waals surface area contributed by atoms with E-state index in [-0.39, 0.29) is 0 Å². The predicted octanol–water partition coefficient (Wildman–Crippen LogP) is 3.25. The molecular weight excluding hydrogens is 208 g/mol. The molecule has 0 aliphatic heterocycles. The molecular formula is C15H18N2. The van der Waals surface area contributed by atoms with Gasteiger partial charge in [0.25, 0.3) is 0 Å². The average molecular weight is 226 g/mol. The third kappa shape index (κ3) is 2.29. The van der Waals surface area contributed by atoms with Crippen molar-refractivity contribution in [2.24, 2.45) is 5.92 Å². The lowest BCUT2D eigenvalue weighted by atomic mass is 10.1. The highest BCUT2D eigenvalue weighted by atomic mass is 15.2. The largest absolute Gasteiger partial charge is 0.367 e. The van der Waals surface area contributed by atoms with E-state index < -0.39 is 0 Å². The zero-order valence-corrected chi connectivity index (χ0v) is 10.3. The third-order valence-electron chi connectivity index (χ3n) is 3.72. The molecule has 0 bridgehead atoms. The number of hydrogen-bond donors (Lipinski definition) is 0. The van der Waals surface area contributed by atoms with Crippen LogP contribution in [0, 0.1) is 24.2 Å². The highest BCUT2D eigenvalue weighted by Gasteiger charge is 2.34. The second kappa shape index (κ2) is 4.07. The van der Waals surface area contributed by atoms with Gasteiger partial charge in [-0.2, -0.15) is 5.26 Å². The van der Waals surface area contributed by atoms with Gasteiger partial charge in [-0.05, 0) is 56.2 Å². The first kappa shape index (κ1) is 10.7. The van der Waals surface area contributed by atoms with Crippen LogP contribution in [0.2, 0.25) is 0 Å². The lowest BCUT2D eigenvalue weighted by molar-refractivity contribution is 0.718. The minimum absolute atomic E-state index is 0.699. The minimum atomic E-state index is 0.699. The Morgan fingerprint density at radius 3 is 2.65 bits per heavy atom. The quantitative estimate of drug-likeness (QED) is 0.788. The molecule has 0 saturated heterocycles. The molecule has 1 aromatic rings. The molecule has 0 N–H and O–H groups in total. The lowest BCUT2D eigenvalue weighted by Gasteiger charge is -2.26. The Morgan fingerprint density at radius 1 is 1.29 bits per heavy atom. The SMILES string of the molecule is Cc1ccc(C#N)c(N(CC2CC2)C2CC2)c1. The van der Waals surface area contributed by atoms with Crippen LogP contribution in [0.3, 0.4) is 0 Å². The summed E-state index contributed by atoms with van der Waals surface area (Å²) in [5.74, 6) is 0.877. The van der Waals surface area contributed by atoms with Crippen molar-refractivity contribution < 1.29 is 0 Å². The molecule has 88 valence electrons. The molecule has 2 heteroatoms. The first-order valence-corrected chi connectivity index (χ1v) is 6.55. The number of anilines is 1. The fourth-order valence-electron chi connectivity index (χ4n) is 2.38. The molecule has 17 heavy (non-hydrogen) atoms. The van der Waals surface area contributed by atoms with E-state index in [0.29, 0.717) is 6.04 Å². The first-order chi connectivity index (χ1) is 8.28. The Balaban J connectivity index is 1.92. The van der Waals surface area contributed by atoms with Gasteiger partial charge in [0.05, 0.1) is 11.3 Å². The number of rotatable bonds is 4. The van der Waals surface area contributed by atoms with Gasteiger partial charge < -0.3 is 4.90 Å². The predicted molar refractivity (Wildman–Crippen MR) is 69.0 cm³/mol. The van der Waals surface area contributed by atoms with Gasteiger partial charge in [0.15, 0.2) is 0 Å². The summed E-state index contributed by atoms with van der Waals surface area (Å²) in [4.78, 5) is 2.49. The van der Waals surface area contributed by atoms with Gasteiger partial charge in [-0.25, -0.2) is 0 Å². The molecule has 2 saturated carbocycles. The summed E-state index contributed by atoms with van der Waals surface area (Å²) in [6, 6.07) is 9.21. The molecule has 0 unspecified atom stereocenters. The van der Waals surface area contributed by atoms with Crippen molar-refractivity contribution in [1.29, 1.82) is 5.26 Å². The molecule has 2 nitrogen and oxygen atoms in total. The Hall–Kier alpha value is -1.49. The van der Waals surface area contributed by atoms with Gasteiger partial charge >= 0.3 is 0 Å².